The first kappa shape index (κ1) is 11.9. The summed E-state index contributed by atoms with van der Waals surface area (Å²) in [6, 6.07) is 3.67. The van der Waals surface area contributed by atoms with Gasteiger partial charge in [-0.05, 0) is 17.5 Å². The van der Waals surface area contributed by atoms with Gasteiger partial charge in [0.05, 0.1) is 4.88 Å². The van der Waals surface area contributed by atoms with Crippen LogP contribution in [-0.2, 0) is 0 Å². The lowest BCUT2D eigenvalue weighted by Gasteiger charge is -2.16. The van der Waals surface area contributed by atoms with E-state index in [-0.39, 0.29) is 11.2 Å². The molecule has 4 heteroatoms. The summed E-state index contributed by atoms with van der Waals surface area (Å²) in [5, 5.41) is 1.91. The minimum atomic E-state index is -0.381. The summed E-state index contributed by atoms with van der Waals surface area (Å²) < 4.78 is 0. The summed E-state index contributed by atoms with van der Waals surface area (Å²) in [4.78, 5) is 21.4. The predicted octanol–water partition coefficient (Wildman–Crippen LogP) is 3.43. The third-order valence-corrected chi connectivity index (χ3v) is 3.27. The summed E-state index contributed by atoms with van der Waals surface area (Å²) in [6.07, 6.45) is 3.37. The predicted molar refractivity (Wildman–Crippen MR) is 69.1 cm³/mol. The molecule has 2 aromatic heterocycles. The lowest BCUT2D eigenvalue weighted by Crippen LogP contribution is -2.19. The van der Waals surface area contributed by atoms with Crippen LogP contribution in [-0.4, -0.2) is 15.8 Å². The molecule has 0 aliphatic heterocycles. The summed E-state index contributed by atoms with van der Waals surface area (Å²) >= 11 is 1.45. The molecule has 2 heterocycles. The van der Waals surface area contributed by atoms with Crippen LogP contribution >= 0.6 is 11.3 Å². The van der Waals surface area contributed by atoms with Crippen LogP contribution in [0.5, 0.6) is 0 Å². The monoisotopic (exact) mass is 246 g/mol. The number of thiophene rings is 1. The van der Waals surface area contributed by atoms with Gasteiger partial charge in [0, 0.05) is 23.4 Å². The maximum absolute atomic E-state index is 12.3. The van der Waals surface area contributed by atoms with E-state index in [4.69, 9.17) is 0 Å². The van der Waals surface area contributed by atoms with Crippen LogP contribution in [0.15, 0.2) is 29.9 Å². The number of carbonyl (C=O) groups is 1. The Morgan fingerprint density at radius 2 is 1.88 bits per heavy atom. The molecule has 0 saturated carbocycles. The van der Waals surface area contributed by atoms with Crippen LogP contribution in [0.3, 0.4) is 0 Å². The van der Waals surface area contributed by atoms with Crippen molar-refractivity contribution in [3.05, 3.63) is 34.8 Å². The van der Waals surface area contributed by atoms with Crippen molar-refractivity contribution in [2.45, 2.75) is 20.8 Å². The average molecular weight is 246 g/mol. The summed E-state index contributed by atoms with van der Waals surface area (Å²) in [5.41, 5.74) is 0.449. The fraction of sp³-hybridized carbons (Fsp3) is 0.308. The molecular formula is C13H14N2OS. The average Bonchev–Trinajstić information content (AvgIpc) is 2.76. The summed E-state index contributed by atoms with van der Waals surface area (Å²) in [7, 11) is 0. The third kappa shape index (κ3) is 2.42. The number of ketones is 1. The van der Waals surface area contributed by atoms with Gasteiger partial charge in [-0.15, -0.1) is 11.3 Å². The molecule has 0 N–H and O–H groups in total. The molecule has 0 aromatic carbocycles. The lowest BCUT2D eigenvalue weighted by atomic mass is 9.89. The second kappa shape index (κ2) is 4.37. The minimum absolute atomic E-state index is 0.134. The molecule has 0 aliphatic carbocycles. The van der Waals surface area contributed by atoms with Crippen molar-refractivity contribution in [2.75, 3.05) is 0 Å². The van der Waals surface area contributed by atoms with E-state index < -0.39 is 0 Å². The zero-order valence-corrected chi connectivity index (χ0v) is 10.9. The number of Topliss-reactive ketones (excluding diaryl/α,β-unsaturated/α-hetero) is 1. The highest BCUT2D eigenvalue weighted by Crippen LogP contribution is 2.31. The number of hydrogen-bond donors (Lipinski definition) is 0. The van der Waals surface area contributed by atoms with Gasteiger partial charge < -0.3 is 0 Å². The van der Waals surface area contributed by atoms with Crippen molar-refractivity contribution >= 4 is 17.1 Å². The van der Waals surface area contributed by atoms with Crippen LogP contribution in [0.4, 0.5) is 0 Å². The van der Waals surface area contributed by atoms with Gasteiger partial charge in [-0.1, -0.05) is 20.8 Å². The lowest BCUT2D eigenvalue weighted by molar-refractivity contribution is 0.0863. The first-order valence-electron chi connectivity index (χ1n) is 5.40. The van der Waals surface area contributed by atoms with Crippen LogP contribution in [0.2, 0.25) is 0 Å². The smallest absolute Gasteiger partial charge is 0.178 e. The number of carbonyl (C=O) groups excluding carboxylic acids is 1. The molecule has 0 atom stereocenters. The van der Waals surface area contributed by atoms with Gasteiger partial charge in [-0.3, -0.25) is 4.79 Å². The van der Waals surface area contributed by atoms with Crippen LogP contribution in [0, 0.1) is 5.41 Å². The van der Waals surface area contributed by atoms with E-state index in [0.717, 1.165) is 10.4 Å². The van der Waals surface area contributed by atoms with E-state index >= 15 is 0 Å². The Balaban J connectivity index is 2.46. The Hall–Kier alpha value is -1.55. The molecule has 0 radical (unpaired) electrons. The zero-order valence-electron chi connectivity index (χ0n) is 10.1. The molecule has 0 bridgehead atoms. The van der Waals surface area contributed by atoms with Crippen molar-refractivity contribution in [3.8, 4) is 11.4 Å². The van der Waals surface area contributed by atoms with E-state index in [9.17, 15) is 4.79 Å². The molecule has 0 amide bonds. The molecule has 0 saturated heterocycles. The molecule has 88 valence electrons. The third-order valence-electron chi connectivity index (χ3n) is 2.36. The number of aromatic nitrogens is 2. The molecule has 0 spiro atoms. The highest BCUT2D eigenvalue weighted by Gasteiger charge is 2.27. The van der Waals surface area contributed by atoms with E-state index in [1.165, 1.54) is 11.3 Å². The van der Waals surface area contributed by atoms with Crippen molar-refractivity contribution in [3.63, 3.8) is 0 Å². The number of rotatable bonds is 2. The largest absolute Gasteiger partial charge is 0.293 e. The van der Waals surface area contributed by atoms with Crippen LogP contribution < -0.4 is 0 Å². The molecule has 2 rings (SSSR count). The molecule has 3 nitrogen and oxygen atoms in total. The van der Waals surface area contributed by atoms with Gasteiger partial charge in [0.2, 0.25) is 0 Å². The highest BCUT2D eigenvalue weighted by molar-refractivity contribution is 7.12. The Kier molecular flexibility index (Phi) is 3.07. The van der Waals surface area contributed by atoms with E-state index in [0.29, 0.717) is 5.82 Å². The zero-order chi connectivity index (χ0) is 12.5. The summed E-state index contributed by atoms with van der Waals surface area (Å²) in [5.74, 6) is 0.747. The van der Waals surface area contributed by atoms with Crippen LogP contribution in [0.25, 0.3) is 11.4 Å². The Bertz CT molecular complexity index is 526. The van der Waals surface area contributed by atoms with Crippen molar-refractivity contribution < 1.29 is 4.79 Å². The Morgan fingerprint density at radius 1 is 1.24 bits per heavy atom. The van der Waals surface area contributed by atoms with Gasteiger partial charge >= 0.3 is 0 Å². The fourth-order valence-electron chi connectivity index (χ4n) is 1.44. The molecule has 17 heavy (non-hydrogen) atoms. The molecule has 0 fully saturated rings. The first-order chi connectivity index (χ1) is 8.00. The molecular weight excluding hydrogens is 232 g/mol. The Morgan fingerprint density at radius 3 is 2.47 bits per heavy atom. The number of nitrogens with zero attached hydrogens (tertiary/aromatic N) is 2. The minimum Gasteiger partial charge on any atom is -0.293 e. The summed E-state index contributed by atoms with van der Waals surface area (Å²) in [6.45, 7) is 5.76. The fourth-order valence-corrected chi connectivity index (χ4v) is 2.48. The van der Waals surface area contributed by atoms with Crippen molar-refractivity contribution in [1.29, 1.82) is 0 Å². The van der Waals surface area contributed by atoms with Crippen LogP contribution in [0.1, 0.15) is 30.4 Å². The molecule has 0 unspecified atom stereocenters. The van der Waals surface area contributed by atoms with E-state index in [1.54, 1.807) is 18.5 Å². The SMILES string of the molecule is CC(C)(C)C(=O)c1sccc1-c1ncccn1. The second-order valence-corrected chi connectivity index (χ2v) is 5.73. The topological polar surface area (TPSA) is 42.9 Å². The van der Waals surface area contributed by atoms with E-state index in [1.807, 2.05) is 32.2 Å². The van der Waals surface area contributed by atoms with E-state index in [2.05, 4.69) is 9.97 Å². The standard InChI is InChI=1S/C13H14N2OS/c1-13(2,3)11(16)10-9(5-8-17-10)12-14-6-4-7-15-12/h4-8H,1-3H3. The van der Waals surface area contributed by atoms with Crippen molar-refractivity contribution in [2.24, 2.45) is 5.41 Å². The van der Waals surface area contributed by atoms with Gasteiger partial charge in [0.15, 0.2) is 11.6 Å². The van der Waals surface area contributed by atoms with Gasteiger partial charge in [-0.25, -0.2) is 9.97 Å². The maximum Gasteiger partial charge on any atom is 0.178 e. The van der Waals surface area contributed by atoms with Gasteiger partial charge in [0.25, 0.3) is 0 Å². The highest BCUT2D eigenvalue weighted by atomic mass is 32.1. The molecule has 2 aromatic rings. The molecule has 0 aliphatic rings. The van der Waals surface area contributed by atoms with Gasteiger partial charge in [-0.2, -0.15) is 0 Å². The normalized spacial score (nSPS) is 11.5. The van der Waals surface area contributed by atoms with Gasteiger partial charge in [0.1, 0.15) is 0 Å². The number of hydrogen-bond acceptors (Lipinski definition) is 4. The Labute approximate surface area is 105 Å². The maximum atomic E-state index is 12.3. The quantitative estimate of drug-likeness (QED) is 0.762. The second-order valence-electron chi connectivity index (χ2n) is 4.81. The van der Waals surface area contributed by atoms with Crippen molar-refractivity contribution in [1.82, 2.24) is 9.97 Å². The first-order valence-corrected chi connectivity index (χ1v) is 6.28.